The minimum absolute atomic E-state index is 0.00175. The van der Waals surface area contributed by atoms with E-state index in [4.69, 9.17) is 11.5 Å². The van der Waals surface area contributed by atoms with Crippen molar-refractivity contribution in [2.24, 2.45) is 17.6 Å². The Balaban J connectivity index is 2.01. The van der Waals surface area contributed by atoms with Crippen molar-refractivity contribution in [3.63, 3.8) is 0 Å². The summed E-state index contributed by atoms with van der Waals surface area (Å²) in [7, 11) is 3.12. The lowest BCUT2D eigenvalue weighted by molar-refractivity contribution is -0.153. The average molecular weight is 472 g/mol. The highest BCUT2D eigenvalue weighted by Crippen LogP contribution is 2.53. The summed E-state index contributed by atoms with van der Waals surface area (Å²) in [6.45, 7) is 3.87. The monoisotopic (exact) mass is 471 g/mol. The first-order valence-corrected chi connectivity index (χ1v) is 11.0. The number of nitrogens with zero attached hydrogens (tertiary/aromatic N) is 1. The lowest BCUT2D eigenvalue weighted by Crippen LogP contribution is -2.65. The van der Waals surface area contributed by atoms with Crippen LogP contribution < -0.4 is 11.5 Å². The van der Waals surface area contributed by atoms with E-state index in [2.05, 4.69) is 0 Å². The standard InChI is InChI=1S/C24H29N3O7/c1-8(2)10-7-13(25)18(28)15-11(10)5-9-6-12-17(27(3)4)20(30)16(23(26)33)22(32)24(12,34)21(31)14(9)19(15)29/h7-9,12,17,28-29,32,34H,5-6,25H2,1-4H3,(H2,26,33)/t9-,12-,17?,24-/m0/s1. The number of ketones is 2. The number of nitrogen functional groups attached to an aromatic ring is 1. The fourth-order valence-corrected chi connectivity index (χ4v) is 5.88. The number of primary amides is 1. The molecule has 1 aromatic rings. The highest BCUT2D eigenvalue weighted by molar-refractivity contribution is 6.24. The molecule has 0 radical (unpaired) electrons. The summed E-state index contributed by atoms with van der Waals surface area (Å²) in [5, 5.41) is 44.2. The normalized spacial score (nSPS) is 28.9. The quantitative estimate of drug-likeness (QED) is 0.209. The van der Waals surface area contributed by atoms with Gasteiger partial charge in [-0.1, -0.05) is 13.8 Å². The molecule has 0 aromatic heterocycles. The zero-order valence-corrected chi connectivity index (χ0v) is 19.4. The van der Waals surface area contributed by atoms with Crippen molar-refractivity contribution in [3.05, 3.63) is 39.7 Å². The number of Topliss-reactive ketones (excluding diaryl/α,β-unsaturated/α-hetero) is 2. The number of aliphatic hydroxyl groups is 3. The smallest absolute Gasteiger partial charge is 0.255 e. The van der Waals surface area contributed by atoms with Crippen molar-refractivity contribution in [3.8, 4) is 5.75 Å². The number of nitrogens with two attached hydrogens (primary N) is 2. The van der Waals surface area contributed by atoms with E-state index in [0.29, 0.717) is 5.56 Å². The van der Waals surface area contributed by atoms with Gasteiger partial charge in [0.25, 0.3) is 5.91 Å². The van der Waals surface area contributed by atoms with Gasteiger partial charge in [-0.3, -0.25) is 19.3 Å². The SMILES string of the molecule is CC(C)c1cc(N)c(O)c2c1C[C@H]1C[C@H]3C(N(C)C)C(=O)C(C(N)=O)=C(O)[C@@]3(O)C(=O)C1=C2O. The summed E-state index contributed by atoms with van der Waals surface area (Å²) in [5.74, 6) is -6.83. The topological polar surface area (TPSA) is 187 Å². The third-order valence-corrected chi connectivity index (χ3v) is 7.41. The van der Waals surface area contributed by atoms with Gasteiger partial charge in [0.1, 0.15) is 22.8 Å². The number of aromatic hydroxyl groups is 1. The van der Waals surface area contributed by atoms with Gasteiger partial charge >= 0.3 is 0 Å². The molecule has 1 aromatic carbocycles. The molecule has 1 unspecified atom stereocenters. The molecule has 0 spiro atoms. The van der Waals surface area contributed by atoms with Gasteiger partial charge in [0.05, 0.1) is 17.3 Å². The maximum atomic E-state index is 13.7. The van der Waals surface area contributed by atoms with Gasteiger partial charge in [-0.05, 0) is 56.0 Å². The van der Waals surface area contributed by atoms with E-state index in [1.807, 2.05) is 13.8 Å². The number of carbonyl (C=O) groups excluding carboxylic acids is 3. The van der Waals surface area contributed by atoms with Crippen LogP contribution in [0.25, 0.3) is 5.76 Å². The van der Waals surface area contributed by atoms with Crippen LogP contribution in [0, 0.1) is 11.8 Å². The molecule has 10 heteroatoms. The highest BCUT2D eigenvalue weighted by Gasteiger charge is 2.64. The molecule has 0 heterocycles. The predicted molar refractivity (Wildman–Crippen MR) is 123 cm³/mol. The molecule has 3 aliphatic carbocycles. The number of amides is 1. The summed E-state index contributed by atoms with van der Waals surface area (Å²) in [6.07, 6.45) is 0.296. The number of fused-ring (bicyclic) bond motifs is 3. The molecular formula is C24H29N3O7. The number of anilines is 1. The average Bonchev–Trinajstić information content (AvgIpc) is 2.72. The lowest BCUT2D eigenvalue weighted by atomic mass is 9.57. The van der Waals surface area contributed by atoms with E-state index < -0.39 is 58.0 Å². The van der Waals surface area contributed by atoms with Crippen LogP contribution in [-0.4, -0.2) is 68.5 Å². The molecule has 0 aliphatic heterocycles. The van der Waals surface area contributed by atoms with Crippen molar-refractivity contribution >= 4 is 28.9 Å². The Morgan fingerprint density at radius 2 is 1.82 bits per heavy atom. The van der Waals surface area contributed by atoms with Gasteiger partial charge in [-0.2, -0.15) is 0 Å². The second-order valence-electron chi connectivity index (χ2n) is 9.87. The minimum atomic E-state index is -2.65. The maximum absolute atomic E-state index is 13.7. The number of benzene rings is 1. The molecule has 1 amide bonds. The molecular weight excluding hydrogens is 442 g/mol. The van der Waals surface area contributed by atoms with E-state index in [0.717, 1.165) is 5.56 Å². The Hall–Kier alpha value is -3.37. The zero-order chi connectivity index (χ0) is 25.4. The molecule has 0 saturated heterocycles. The number of carbonyl (C=O) groups is 3. The number of likely N-dealkylation sites (N-methyl/N-ethyl adjacent to an activating group) is 1. The van der Waals surface area contributed by atoms with Crippen LogP contribution in [0.15, 0.2) is 23.0 Å². The number of phenols is 1. The molecule has 10 nitrogen and oxygen atoms in total. The Bertz CT molecular complexity index is 1210. The van der Waals surface area contributed by atoms with Crippen LogP contribution in [0.4, 0.5) is 5.69 Å². The van der Waals surface area contributed by atoms with E-state index in [9.17, 15) is 34.8 Å². The van der Waals surface area contributed by atoms with Gasteiger partial charge in [0.2, 0.25) is 5.78 Å². The molecule has 0 bridgehead atoms. The van der Waals surface area contributed by atoms with Gasteiger partial charge in [0.15, 0.2) is 11.4 Å². The van der Waals surface area contributed by atoms with Crippen LogP contribution in [0.3, 0.4) is 0 Å². The van der Waals surface area contributed by atoms with Crippen molar-refractivity contribution in [1.82, 2.24) is 4.90 Å². The molecule has 1 saturated carbocycles. The predicted octanol–water partition coefficient (Wildman–Crippen LogP) is 0.670. The van der Waals surface area contributed by atoms with Crippen LogP contribution in [0.5, 0.6) is 5.75 Å². The van der Waals surface area contributed by atoms with E-state index in [-0.39, 0.29) is 41.3 Å². The van der Waals surface area contributed by atoms with Gasteiger partial charge in [-0.25, -0.2) is 0 Å². The van der Waals surface area contributed by atoms with E-state index >= 15 is 0 Å². The van der Waals surface area contributed by atoms with Crippen molar-refractivity contribution in [2.75, 3.05) is 19.8 Å². The molecule has 4 rings (SSSR count). The Morgan fingerprint density at radius 1 is 1.21 bits per heavy atom. The van der Waals surface area contributed by atoms with E-state index in [1.165, 1.54) is 4.90 Å². The summed E-state index contributed by atoms with van der Waals surface area (Å²) in [4.78, 5) is 40.3. The third-order valence-electron chi connectivity index (χ3n) is 7.41. The van der Waals surface area contributed by atoms with Crippen LogP contribution in [0.2, 0.25) is 0 Å². The van der Waals surface area contributed by atoms with Crippen molar-refractivity contribution < 1.29 is 34.8 Å². The van der Waals surface area contributed by atoms with E-state index in [1.54, 1.807) is 20.2 Å². The first-order valence-electron chi connectivity index (χ1n) is 11.0. The van der Waals surface area contributed by atoms with Gasteiger partial charge < -0.3 is 31.9 Å². The largest absolute Gasteiger partial charge is 0.508 e. The fourth-order valence-electron chi connectivity index (χ4n) is 5.88. The summed E-state index contributed by atoms with van der Waals surface area (Å²) in [5.41, 5.74) is 9.07. The third kappa shape index (κ3) is 2.91. The molecule has 4 atom stereocenters. The fraction of sp³-hybridized carbons (Fsp3) is 0.458. The summed E-state index contributed by atoms with van der Waals surface area (Å²) >= 11 is 0. The number of aliphatic hydroxyl groups excluding tert-OH is 2. The Labute approximate surface area is 196 Å². The van der Waals surface area contributed by atoms with Gasteiger partial charge in [0, 0.05) is 11.5 Å². The number of hydrogen-bond donors (Lipinski definition) is 6. The highest BCUT2D eigenvalue weighted by atomic mass is 16.3. The molecule has 1 fully saturated rings. The molecule has 182 valence electrons. The second kappa shape index (κ2) is 7.57. The van der Waals surface area contributed by atoms with Crippen molar-refractivity contribution in [2.45, 2.75) is 44.2 Å². The first kappa shape index (κ1) is 23.8. The van der Waals surface area contributed by atoms with Crippen LogP contribution in [0.1, 0.15) is 42.9 Å². The van der Waals surface area contributed by atoms with Crippen LogP contribution >= 0.6 is 0 Å². The second-order valence-corrected chi connectivity index (χ2v) is 9.87. The van der Waals surface area contributed by atoms with Gasteiger partial charge in [-0.15, -0.1) is 0 Å². The van der Waals surface area contributed by atoms with Crippen molar-refractivity contribution in [1.29, 1.82) is 0 Å². The number of hydrogen-bond acceptors (Lipinski definition) is 9. The minimum Gasteiger partial charge on any atom is -0.508 e. The Kier molecular flexibility index (Phi) is 5.30. The first-order chi connectivity index (χ1) is 15.7. The molecule has 8 N–H and O–H groups in total. The lowest BCUT2D eigenvalue weighted by Gasteiger charge is -2.50. The number of rotatable bonds is 3. The number of phenolic OH excluding ortho intramolecular Hbond substituents is 1. The summed E-state index contributed by atoms with van der Waals surface area (Å²) in [6, 6.07) is 0.528. The Morgan fingerprint density at radius 3 is 2.35 bits per heavy atom. The molecule has 3 aliphatic rings. The zero-order valence-electron chi connectivity index (χ0n) is 19.4. The maximum Gasteiger partial charge on any atom is 0.255 e. The van der Waals surface area contributed by atoms with Crippen LogP contribution in [-0.2, 0) is 20.8 Å². The molecule has 34 heavy (non-hydrogen) atoms. The summed E-state index contributed by atoms with van der Waals surface area (Å²) < 4.78 is 0.